The van der Waals surface area contributed by atoms with E-state index in [2.05, 4.69) is 15.6 Å². The number of nitrogens with one attached hydrogen (secondary N) is 2. The van der Waals surface area contributed by atoms with E-state index >= 15 is 0 Å². The molecule has 0 spiro atoms. The lowest BCUT2D eigenvalue weighted by atomic mass is 10.1. The molecule has 0 saturated heterocycles. The number of rotatable bonds is 4. The van der Waals surface area contributed by atoms with Crippen LogP contribution in [0.5, 0.6) is 0 Å². The summed E-state index contributed by atoms with van der Waals surface area (Å²) in [5.41, 5.74) is 4.72. The van der Waals surface area contributed by atoms with Gasteiger partial charge in [0.05, 0.1) is 0 Å². The zero-order valence-electron chi connectivity index (χ0n) is 12.0. The highest BCUT2D eigenvalue weighted by atomic mass is 16.1. The SMILES string of the molecule is CNc1ccc(C(=O)NCc2ccc(C)nc2)cc1C. The zero-order valence-corrected chi connectivity index (χ0v) is 12.0. The Hall–Kier alpha value is -2.36. The molecule has 1 aromatic carbocycles. The lowest BCUT2D eigenvalue weighted by molar-refractivity contribution is 0.0951. The molecule has 0 aliphatic heterocycles. The predicted molar refractivity (Wildman–Crippen MR) is 80.9 cm³/mol. The molecule has 0 aliphatic rings. The van der Waals surface area contributed by atoms with Crippen molar-refractivity contribution in [2.75, 3.05) is 12.4 Å². The molecule has 1 amide bonds. The van der Waals surface area contributed by atoms with Crippen molar-refractivity contribution in [3.63, 3.8) is 0 Å². The molecule has 4 heteroatoms. The first-order valence-corrected chi connectivity index (χ1v) is 6.58. The Morgan fingerprint density at radius 2 is 2.00 bits per heavy atom. The number of nitrogens with zero attached hydrogens (tertiary/aromatic N) is 1. The third kappa shape index (κ3) is 3.35. The topological polar surface area (TPSA) is 54.0 Å². The lowest BCUT2D eigenvalue weighted by Crippen LogP contribution is -2.23. The van der Waals surface area contributed by atoms with Crippen LogP contribution in [0.1, 0.15) is 27.2 Å². The van der Waals surface area contributed by atoms with Gasteiger partial charge in [-0.2, -0.15) is 0 Å². The van der Waals surface area contributed by atoms with E-state index < -0.39 is 0 Å². The van der Waals surface area contributed by atoms with E-state index in [4.69, 9.17) is 0 Å². The van der Waals surface area contributed by atoms with Crippen molar-refractivity contribution in [2.24, 2.45) is 0 Å². The van der Waals surface area contributed by atoms with Crippen molar-refractivity contribution in [3.05, 3.63) is 58.9 Å². The molecule has 0 fully saturated rings. The van der Waals surface area contributed by atoms with E-state index in [9.17, 15) is 4.79 Å². The van der Waals surface area contributed by atoms with E-state index in [0.717, 1.165) is 22.5 Å². The number of aryl methyl sites for hydroxylation is 2. The number of carbonyl (C=O) groups is 1. The minimum Gasteiger partial charge on any atom is -0.388 e. The maximum atomic E-state index is 12.1. The van der Waals surface area contributed by atoms with Crippen LogP contribution in [0.15, 0.2) is 36.5 Å². The Balaban J connectivity index is 2.01. The largest absolute Gasteiger partial charge is 0.388 e. The van der Waals surface area contributed by atoms with Crippen LogP contribution in [-0.2, 0) is 6.54 Å². The average Bonchev–Trinajstić information content (AvgIpc) is 2.46. The standard InChI is InChI=1S/C16H19N3O/c1-11-8-14(6-7-15(11)17-3)16(20)19-10-13-5-4-12(2)18-9-13/h4-9,17H,10H2,1-3H3,(H,19,20). The van der Waals surface area contributed by atoms with Gasteiger partial charge in [-0.05, 0) is 49.2 Å². The summed E-state index contributed by atoms with van der Waals surface area (Å²) in [6.45, 7) is 4.40. The predicted octanol–water partition coefficient (Wildman–Crippen LogP) is 2.67. The Kier molecular flexibility index (Phi) is 4.35. The molecule has 1 heterocycles. The summed E-state index contributed by atoms with van der Waals surface area (Å²) in [6, 6.07) is 9.53. The first kappa shape index (κ1) is 14.1. The third-order valence-electron chi connectivity index (χ3n) is 3.18. The van der Waals surface area contributed by atoms with Crippen molar-refractivity contribution in [1.82, 2.24) is 10.3 Å². The molecule has 0 atom stereocenters. The van der Waals surface area contributed by atoms with Gasteiger partial charge in [0.25, 0.3) is 5.91 Å². The van der Waals surface area contributed by atoms with E-state index in [1.54, 1.807) is 6.20 Å². The Morgan fingerprint density at radius 3 is 2.60 bits per heavy atom. The van der Waals surface area contributed by atoms with Crippen LogP contribution in [0.25, 0.3) is 0 Å². The Bertz CT molecular complexity index is 606. The summed E-state index contributed by atoms with van der Waals surface area (Å²) in [5.74, 6) is -0.0728. The highest BCUT2D eigenvalue weighted by molar-refractivity contribution is 5.94. The van der Waals surface area contributed by atoms with Gasteiger partial charge in [-0.3, -0.25) is 9.78 Å². The van der Waals surface area contributed by atoms with Crippen molar-refractivity contribution < 1.29 is 4.79 Å². The number of hydrogen-bond acceptors (Lipinski definition) is 3. The summed E-state index contributed by atoms with van der Waals surface area (Å²) in [4.78, 5) is 16.3. The van der Waals surface area contributed by atoms with Gasteiger partial charge in [-0.15, -0.1) is 0 Å². The smallest absolute Gasteiger partial charge is 0.251 e. The van der Waals surface area contributed by atoms with Gasteiger partial charge in [0.2, 0.25) is 0 Å². The Labute approximate surface area is 119 Å². The van der Waals surface area contributed by atoms with Gasteiger partial charge in [0, 0.05) is 36.7 Å². The molecule has 20 heavy (non-hydrogen) atoms. The second kappa shape index (κ2) is 6.19. The normalized spacial score (nSPS) is 10.2. The van der Waals surface area contributed by atoms with Gasteiger partial charge >= 0.3 is 0 Å². The number of benzene rings is 1. The van der Waals surface area contributed by atoms with Crippen molar-refractivity contribution >= 4 is 11.6 Å². The second-order valence-electron chi connectivity index (χ2n) is 4.77. The summed E-state index contributed by atoms with van der Waals surface area (Å²) in [5, 5.41) is 5.98. The number of hydrogen-bond donors (Lipinski definition) is 2. The maximum absolute atomic E-state index is 12.1. The minimum atomic E-state index is -0.0728. The summed E-state index contributed by atoms with van der Waals surface area (Å²) in [7, 11) is 1.87. The first-order chi connectivity index (χ1) is 9.60. The Morgan fingerprint density at radius 1 is 1.20 bits per heavy atom. The van der Waals surface area contributed by atoms with Crippen LogP contribution in [0, 0.1) is 13.8 Å². The van der Waals surface area contributed by atoms with E-state index in [0.29, 0.717) is 12.1 Å². The molecule has 0 saturated carbocycles. The lowest BCUT2D eigenvalue weighted by Gasteiger charge is -2.09. The van der Waals surface area contributed by atoms with Crippen molar-refractivity contribution in [1.29, 1.82) is 0 Å². The quantitative estimate of drug-likeness (QED) is 0.897. The molecule has 2 rings (SSSR count). The van der Waals surface area contributed by atoms with Crippen LogP contribution in [0.4, 0.5) is 5.69 Å². The molecule has 0 radical (unpaired) electrons. The van der Waals surface area contributed by atoms with E-state index in [1.807, 2.05) is 51.2 Å². The summed E-state index contributed by atoms with van der Waals surface area (Å²) >= 11 is 0. The van der Waals surface area contributed by atoms with Gasteiger partial charge in [-0.25, -0.2) is 0 Å². The molecule has 0 bridgehead atoms. The minimum absolute atomic E-state index is 0.0728. The molecule has 0 aliphatic carbocycles. The molecule has 1 aromatic heterocycles. The van der Waals surface area contributed by atoms with Gasteiger partial charge in [0.15, 0.2) is 0 Å². The number of pyridine rings is 1. The summed E-state index contributed by atoms with van der Waals surface area (Å²) in [6.07, 6.45) is 1.78. The van der Waals surface area contributed by atoms with Crippen LogP contribution < -0.4 is 10.6 Å². The fourth-order valence-corrected chi connectivity index (χ4v) is 1.97. The van der Waals surface area contributed by atoms with Crippen LogP contribution in [0.3, 0.4) is 0 Å². The summed E-state index contributed by atoms with van der Waals surface area (Å²) < 4.78 is 0. The molecular weight excluding hydrogens is 250 g/mol. The van der Waals surface area contributed by atoms with Gasteiger partial charge < -0.3 is 10.6 Å². The number of aromatic nitrogens is 1. The monoisotopic (exact) mass is 269 g/mol. The van der Waals surface area contributed by atoms with Gasteiger partial charge in [0.1, 0.15) is 0 Å². The number of carbonyl (C=O) groups excluding carboxylic acids is 1. The molecular formula is C16H19N3O. The second-order valence-corrected chi connectivity index (χ2v) is 4.77. The fraction of sp³-hybridized carbons (Fsp3) is 0.250. The van der Waals surface area contributed by atoms with Gasteiger partial charge in [-0.1, -0.05) is 6.07 Å². The molecule has 2 N–H and O–H groups in total. The number of amides is 1. The average molecular weight is 269 g/mol. The third-order valence-corrected chi connectivity index (χ3v) is 3.18. The van der Waals surface area contributed by atoms with Crippen LogP contribution in [-0.4, -0.2) is 17.9 Å². The van der Waals surface area contributed by atoms with E-state index in [1.165, 1.54) is 0 Å². The van der Waals surface area contributed by atoms with E-state index in [-0.39, 0.29) is 5.91 Å². The molecule has 0 unspecified atom stereocenters. The number of anilines is 1. The fourth-order valence-electron chi connectivity index (χ4n) is 1.97. The molecule has 104 valence electrons. The van der Waals surface area contributed by atoms with Crippen LogP contribution >= 0.6 is 0 Å². The van der Waals surface area contributed by atoms with Crippen molar-refractivity contribution in [3.8, 4) is 0 Å². The maximum Gasteiger partial charge on any atom is 0.251 e. The zero-order chi connectivity index (χ0) is 14.5. The first-order valence-electron chi connectivity index (χ1n) is 6.58. The highest BCUT2D eigenvalue weighted by Crippen LogP contribution is 2.15. The molecule has 4 nitrogen and oxygen atoms in total. The highest BCUT2D eigenvalue weighted by Gasteiger charge is 2.07. The molecule has 2 aromatic rings. The van der Waals surface area contributed by atoms with Crippen molar-refractivity contribution in [2.45, 2.75) is 20.4 Å². The van der Waals surface area contributed by atoms with Crippen LogP contribution in [0.2, 0.25) is 0 Å².